The number of rotatable bonds is 3. The third kappa shape index (κ3) is 2.85. The van der Waals surface area contributed by atoms with Crippen molar-refractivity contribution in [2.24, 2.45) is 11.8 Å². The van der Waals surface area contributed by atoms with Gasteiger partial charge in [-0.25, -0.2) is 5.90 Å². The topological polar surface area (TPSA) is 38.5 Å². The van der Waals surface area contributed by atoms with Gasteiger partial charge in [-0.05, 0) is 50.7 Å². The molecule has 1 aromatic rings. The molecule has 3 nitrogen and oxygen atoms in total. The van der Waals surface area contributed by atoms with Crippen LogP contribution in [0.4, 0.5) is 5.69 Å². The van der Waals surface area contributed by atoms with Crippen molar-refractivity contribution in [2.75, 3.05) is 24.6 Å². The number of anilines is 1. The first-order valence-corrected chi connectivity index (χ1v) is 6.76. The smallest absolute Gasteiger partial charge is 0.0708 e. The highest BCUT2D eigenvalue weighted by atomic mass is 16.6. The fraction of sp³-hybridized carbons (Fsp3) is 0.600. The minimum Gasteiger partial charge on any atom is -0.371 e. The molecule has 1 heterocycles. The van der Waals surface area contributed by atoms with Crippen LogP contribution in [0, 0.1) is 26.7 Å². The van der Waals surface area contributed by atoms with Gasteiger partial charge >= 0.3 is 0 Å². The summed E-state index contributed by atoms with van der Waals surface area (Å²) in [5.41, 5.74) is 5.55. The molecule has 1 aliphatic heterocycles. The van der Waals surface area contributed by atoms with Gasteiger partial charge in [0.2, 0.25) is 0 Å². The molecule has 0 amide bonds. The van der Waals surface area contributed by atoms with E-state index in [1.165, 1.54) is 35.2 Å². The van der Waals surface area contributed by atoms with Gasteiger partial charge in [-0.15, -0.1) is 0 Å². The molecule has 0 unspecified atom stereocenters. The maximum Gasteiger partial charge on any atom is 0.0708 e. The minimum absolute atomic E-state index is 0.623. The lowest BCUT2D eigenvalue weighted by Crippen LogP contribution is -2.36. The highest BCUT2D eigenvalue weighted by Gasteiger charge is 2.21. The lowest BCUT2D eigenvalue weighted by Gasteiger charge is -2.35. The second kappa shape index (κ2) is 5.72. The van der Waals surface area contributed by atoms with E-state index in [-0.39, 0.29) is 0 Å². The third-order valence-electron chi connectivity index (χ3n) is 3.90. The fourth-order valence-electron chi connectivity index (χ4n) is 3.13. The molecule has 3 heteroatoms. The molecule has 0 aromatic heterocycles. The van der Waals surface area contributed by atoms with Crippen LogP contribution in [-0.4, -0.2) is 19.7 Å². The zero-order chi connectivity index (χ0) is 13.1. The number of hydrogen-bond acceptors (Lipinski definition) is 3. The fourth-order valence-corrected chi connectivity index (χ4v) is 3.13. The monoisotopic (exact) mass is 248 g/mol. The van der Waals surface area contributed by atoms with E-state index in [1.54, 1.807) is 0 Å². The molecular weight excluding hydrogens is 224 g/mol. The largest absolute Gasteiger partial charge is 0.371 e. The first kappa shape index (κ1) is 13.4. The van der Waals surface area contributed by atoms with E-state index < -0.39 is 0 Å². The van der Waals surface area contributed by atoms with Crippen molar-refractivity contribution in [2.45, 2.75) is 33.6 Å². The standard InChI is InChI=1S/C15H24N2O/c1-11-8-12(2)15(13(3)9-11)17-6-4-14(5-7-17)10-18-16/h8-9,14H,4-7,10,16H2,1-3H3. The zero-order valence-corrected chi connectivity index (χ0v) is 11.7. The lowest BCUT2D eigenvalue weighted by atomic mass is 9.95. The number of benzene rings is 1. The molecule has 0 radical (unpaired) electrons. The van der Waals surface area contributed by atoms with Crippen LogP contribution in [0.2, 0.25) is 0 Å². The van der Waals surface area contributed by atoms with E-state index in [4.69, 9.17) is 10.7 Å². The molecule has 1 fully saturated rings. The Hall–Kier alpha value is -1.06. The van der Waals surface area contributed by atoms with Crippen LogP contribution < -0.4 is 10.8 Å². The molecule has 0 aliphatic carbocycles. The maximum atomic E-state index is 5.16. The second-order valence-electron chi connectivity index (χ2n) is 5.51. The van der Waals surface area contributed by atoms with Gasteiger partial charge < -0.3 is 9.74 Å². The molecule has 0 bridgehead atoms. The Morgan fingerprint density at radius 1 is 1.17 bits per heavy atom. The molecule has 2 rings (SSSR count). The van der Waals surface area contributed by atoms with Gasteiger partial charge in [0.25, 0.3) is 0 Å². The summed E-state index contributed by atoms with van der Waals surface area (Å²) in [4.78, 5) is 7.28. The van der Waals surface area contributed by atoms with Crippen molar-refractivity contribution in [3.8, 4) is 0 Å². The molecule has 18 heavy (non-hydrogen) atoms. The van der Waals surface area contributed by atoms with Crippen LogP contribution in [0.15, 0.2) is 12.1 Å². The van der Waals surface area contributed by atoms with E-state index in [0.29, 0.717) is 12.5 Å². The van der Waals surface area contributed by atoms with Crippen LogP contribution in [0.5, 0.6) is 0 Å². The summed E-state index contributed by atoms with van der Waals surface area (Å²) in [6.07, 6.45) is 2.34. The Morgan fingerprint density at radius 3 is 2.22 bits per heavy atom. The summed E-state index contributed by atoms with van der Waals surface area (Å²) >= 11 is 0. The van der Waals surface area contributed by atoms with Crippen LogP contribution in [0.1, 0.15) is 29.5 Å². The number of hydrogen-bond donors (Lipinski definition) is 1. The van der Waals surface area contributed by atoms with Crippen molar-refractivity contribution < 1.29 is 4.84 Å². The van der Waals surface area contributed by atoms with Gasteiger partial charge in [0.15, 0.2) is 0 Å². The lowest BCUT2D eigenvalue weighted by molar-refractivity contribution is 0.0918. The first-order chi connectivity index (χ1) is 8.61. The molecule has 100 valence electrons. The molecule has 0 spiro atoms. The van der Waals surface area contributed by atoms with Crippen LogP contribution >= 0.6 is 0 Å². The van der Waals surface area contributed by atoms with Gasteiger partial charge in [-0.2, -0.15) is 0 Å². The highest BCUT2D eigenvalue weighted by molar-refractivity contribution is 5.60. The van der Waals surface area contributed by atoms with Crippen LogP contribution in [0.25, 0.3) is 0 Å². The third-order valence-corrected chi connectivity index (χ3v) is 3.90. The Bertz CT molecular complexity index is 386. The van der Waals surface area contributed by atoms with Crippen LogP contribution in [-0.2, 0) is 4.84 Å². The van der Waals surface area contributed by atoms with E-state index in [1.807, 2.05) is 0 Å². The number of aryl methyl sites for hydroxylation is 3. The molecule has 1 aliphatic rings. The molecule has 0 atom stereocenters. The number of piperidine rings is 1. The van der Waals surface area contributed by atoms with Gasteiger partial charge in [0, 0.05) is 18.8 Å². The zero-order valence-electron chi connectivity index (χ0n) is 11.7. The van der Waals surface area contributed by atoms with E-state index in [2.05, 4.69) is 37.8 Å². The Labute approximate surface area is 110 Å². The molecule has 1 saturated heterocycles. The number of nitrogens with zero attached hydrogens (tertiary/aromatic N) is 1. The summed E-state index contributed by atoms with van der Waals surface area (Å²) in [5, 5.41) is 0. The van der Waals surface area contributed by atoms with Crippen molar-refractivity contribution in [3.63, 3.8) is 0 Å². The average Bonchev–Trinajstić information content (AvgIpc) is 2.30. The molecule has 0 saturated carbocycles. The van der Waals surface area contributed by atoms with Gasteiger partial charge in [0.05, 0.1) is 6.61 Å². The summed E-state index contributed by atoms with van der Waals surface area (Å²) in [5.74, 6) is 5.78. The quantitative estimate of drug-likeness (QED) is 0.836. The molecular formula is C15H24N2O. The van der Waals surface area contributed by atoms with Crippen molar-refractivity contribution in [3.05, 3.63) is 28.8 Å². The molecule has 2 N–H and O–H groups in total. The minimum atomic E-state index is 0.623. The SMILES string of the molecule is Cc1cc(C)c(N2CCC(CON)CC2)c(C)c1. The van der Waals surface area contributed by atoms with Gasteiger partial charge in [-0.1, -0.05) is 17.7 Å². The van der Waals surface area contributed by atoms with Crippen LogP contribution in [0.3, 0.4) is 0 Å². The summed E-state index contributed by atoms with van der Waals surface area (Å²) in [6, 6.07) is 4.55. The summed E-state index contributed by atoms with van der Waals surface area (Å²) in [7, 11) is 0. The predicted molar refractivity (Wildman–Crippen MR) is 75.7 cm³/mol. The second-order valence-corrected chi connectivity index (χ2v) is 5.51. The van der Waals surface area contributed by atoms with Crippen molar-refractivity contribution in [1.29, 1.82) is 0 Å². The van der Waals surface area contributed by atoms with E-state index in [9.17, 15) is 0 Å². The van der Waals surface area contributed by atoms with Crippen molar-refractivity contribution in [1.82, 2.24) is 0 Å². The van der Waals surface area contributed by atoms with Gasteiger partial charge in [-0.3, -0.25) is 0 Å². The van der Waals surface area contributed by atoms with Crippen molar-refractivity contribution >= 4 is 5.69 Å². The normalized spacial score (nSPS) is 17.2. The van der Waals surface area contributed by atoms with E-state index >= 15 is 0 Å². The highest BCUT2D eigenvalue weighted by Crippen LogP contribution is 2.30. The maximum absolute atomic E-state index is 5.16. The summed E-state index contributed by atoms with van der Waals surface area (Å²) in [6.45, 7) is 9.50. The molecule has 1 aromatic carbocycles. The predicted octanol–water partition coefficient (Wildman–Crippen LogP) is 2.72. The summed E-state index contributed by atoms with van der Waals surface area (Å²) < 4.78 is 0. The Balaban J connectivity index is 2.10. The Morgan fingerprint density at radius 2 is 1.72 bits per heavy atom. The Kier molecular flexibility index (Phi) is 4.25. The van der Waals surface area contributed by atoms with Gasteiger partial charge in [0.1, 0.15) is 0 Å². The number of nitrogens with two attached hydrogens (primary N) is 1. The van der Waals surface area contributed by atoms with E-state index in [0.717, 1.165) is 13.1 Å². The average molecular weight is 248 g/mol. The first-order valence-electron chi connectivity index (χ1n) is 6.76.